The quantitative estimate of drug-likeness (QED) is 0.450. The molecule has 7 nitrogen and oxygen atoms in total. The summed E-state index contributed by atoms with van der Waals surface area (Å²) in [7, 11) is 0. The monoisotopic (exact) mass is 436 g/mol. The second kappa shape index (κ2) is 8.28. The number of amides is 2. The van der Waals surface area contributed by atoms with Gasteiger partial charge in [-0.1, -0.05) is 49.7 Å². The lowest BCUT2D eigenvalue weighted by molar-refractivity contribution is 0.0831. The minimum atomic E-state index is -0.532. The summed E-state index contributed by atoms with van der Waals surface area (Å²) in [5.74, 6) is -0.856. The van der Waals surface area contributed by atoms with Crippen molar-refractivity contribution in [3.05, 3.63) is 82.3 Å². The lowest BCUT2D eigenvalue weighted by Crippen LogP contribution is -2.42. The molecule has 0 spiro atoms. The Balaban J connectivity index is 1.56. The topological polar surface area (TPSA) is 89.2 Å². The number of carbonyl (C=O) groups is 2. The van der Waals surface area contributed by atoms with Gasteiger partial charge in [-0.05, 0) is 37.1 Å². The molecule has 2 heterocycles. The Kier molecular flexibility index (Phi) is 5.52. The number of hydrazine groups is 1. The number of benzene rings is 2. The van der Waals surface area contributed by atoms with Crippen LogP contribution in [0.3, 0.4) is 0 Å². The standard InChI is InChI=1S/C23H21ClN4O3/c1-13(2)20-18(12-25-28(20)16-8-6-7-15(24)11-16)22(29)26-27-23(30)21-14(3)17-9-4-5-10-19(17)31-21/h4-13H,1-3H3,(H,26,29)(H,27,30). The number of hydrogen-bond acceptors (Lipinski definition) is 4. The van der Waals surface area contributed by atoms with E-state index in [9.17, 15) is 9.59 Å². The van der Waals surface area contributed by atoms with Gasteiger partial charge in [-0.25, -0.2) is 4.68 Å². The average Bonchev–Trinajstić information content (AvgIpc) is 3.34. The first-order valence-electron chi connectivity index (χ1n) is 9.79. The molecule has 0 bridgehead atoms. The second-order valence-electron chi connectivity index (χ2n) is 7.45. The molecule has 0 atom stereocenters. The zero-order valence-electron chi connectivity index (χ0n) is 17.3. The molecule has 0 fully saturated rings. The molecular formula is C23H21ClN4O3. The van der Waals surface area contributed by atoms with E-state index >= 15 is 0 Å². The van der Waals surface area contributed by atoms with Gasteiger partial charge in [0, 0.05) is 16.0 Å². The first kappa shape index (κ1) is 20.7. The Morgan fingerprint density at radius 3 is 2.52 bits per heavy atom. The van der Waals surface area contributed by atoms with Crippen molar-refractivity contribution in [2.45, 2.75) is 26.7 Å². The van der Waals surface area contributed by atoms with Crippen LogP contribution in [0.1, 0.15) is 51.9 Å². The van der Waals surface area contributed by atoms with E-state index in [1.807, 2.05) is 44.2 Å². The van der Waals surface area contributed by atoms with Gasteiger partial charge in [-0.2, -0.15) is 5.10 Å². The van der Waals surface area contributed by atoms with Crippen molar-refractivity contribution >= 4 is 34.4 Å². The molecule has 2 N–H and O–H groups in total. The fourth-order valence-corrected chi connectivity index (χ4v) is 3.72. The van der Waals surface area contributed by atoms with E-state index in [-0.39, 0.29) is 11.7 Å². The van der Waals surface area contributed by atoms with Crippen LogP contribution in [0.4, 0.5) is 0 Å². The molecule has 158 valence electrons. The summed E-state index contributed by atoms with van der Waals surface area (Å²) in [6.45, 7) is 5.73. The molecule has 4 aromatic rings. The molecular weight excluding hydrogens is 416 g/mol. The molecule has 2 aromatic carbocycles. The van der Waals surface area contributed by atoms with Crippen molar-refractivity contribution in [3.63, 3.8) is 0 Å². The van der Waals surface area contributed by atoms with E-state index in [4.69, 9.17) is 16.0 Å². The smallest absolute Gasteiger partial charge is 0.305 e. The van der Waals surface area contributed by atoms with Crippen LogP contribution in [0.25, 0.3) is 16.7 Å². The van der Waals surface area contributed by atoms with Gasteiger partial charge in [0.05, 0.1) is 23.1 Å². The van der Waals surface area contributed by atoms with Crippen molar-refractivity contribution in [2.24, 2.45) is 0 Å². The Morgan fingerprint density at radius 2 is 1.81 bits per heavy atom. The van der Waals surface area contributed by atoms with Gasteiger partial charge >= 0.3 is 5.91 Å². The maximum absolute atomic E-state index is 12.8. The third-order valence-corrected chi connectivity index (χ3v) is 5.23. The molecule has 0 aliphatic rings. The third-order valence-electron chi connectivity index (χ3n) is 4.99. The minimum absolute atomic E-state index is 0.00412. The number of aromatic nitrogens is 2. The number of fused-ring (bicyclic) bond motifs is 1. The zero-order chi connectivity index (χ0) is 22.1. The Hall–Kier alpha value is -3.58. The molecule has 0 saturated heterocycles. The van der Waals surface area contributed by atoms with Crippen LogP contribution in [0.15, 0.2) is 59.1 Å². The molecule has 2 amide bonds. The van der Waals surface area contributed by atoms with Gasteiger partial charge in [-0.15, -0.1) is 0 Å². The van der Waals surface area contributed by atoms with Crippen LogP contribution in [0.2, 0.25) is 5.02 Å². The summed E-state index contributed by atoms with van der Waals surface area (Å²) in [5, 5.41) is 5.79. The summed E-state index contributed by atoms with van der Waals surface area (Å²) < 4.78 is 7.32. The first-order chi connectivity index (χ1) is 14.9. The van der Waals surface area contributed by atoms with Crippen LogP contribution in [-0.4, -0.2) is 21.6 Å². The third kappa shape index (κ3) is 3.92. The van der Waals surface area contributed by atoms with Crippen molar-refractivity contribution < 1.29 is 14.0 Å². The molecule has 0 aliphatic heterocycles. The van der Waals surface area contributed by atoms with E-state index in [2.05, 4.69) is 16.0 Å². The predicted octanol–water partition coefficient (Wildman–Crippen LogP) is 4.78. The number of rotatable bonds is 4. The number of carbonyl (C=O) groups excluding carboxylic acids is 2. The highest BCUT2D eigenvalue weighted by atomic mass is 35.5. The lowest BCUT2D eigenvalue weighted by atomic mass is 10.1. The number of hydrogen-bond donors (Lipinski definition) is 2. The highest BCUT2D eigenvalue weighted by Crippen LogP contribution is 2.26. The molecule has 0 unspecified atom stereocenters. The average molecular weight is 437 g/mol. The number of aryl methyl sites for hydroxylation is 1. The van der Waals surface area contributed by atoms with Gasteiger partial charge in [0.1, 0.15) is 5.58 Å². The van der Waals surface area contributed by atoms with E-state index in [1.54, 1.807) is 29.8 Å². The fraction of sp³-hybridized carbons (Fsp3) is 0.174. The van der Waals surface area contributed by atoms with Crippen molar-refractivity contribution in [2.75, 3.05) is 0 Å². The maximum Gasteiger partial charge on any atom is 0.305 e. The van der Waals surface area contributed by atoms with E-state index in [0.717, 1.165) is 11.1 Å². The highest BCUT2D eigenvalue weighted by Gasteiger charge is 2.23. The maximum atomic E-state index is 12.8. The molecule has 31 heavy (non-hydrogen) atoms. The fourth-order valence-electron chi connectivity index (χ4n) is 3.53. The first-order valence-corrected chi connectivity index (χ1v) is 10.2. The van der Waals surface area contributed by atoms with Crippen LogP contribution in [-0.2, 0) is 0 Å². The summed E-state index contributed by atoms with van der Waals surface area (Å²) in [6.07, 6.45) is 1.48. The Morgan fingerprint density at radius 1 is 1.06 bits per heavy atom. The van der Waals surface area contributed by atoms with Gasteiger partial charge in [0.2, 0.25) is 0 Å². The van der Waals surface area contributed by atoms with Crippen LogP contribution in [0.5, 0.6) is 0 Å². The van der Waals surface area contributed by atoms with Crippen LogP contribution in [0, 0.1) is 6.92 Å². The predicted molar refractivity (Wildman–Crippen MR) is 119 cm³/mol. The number of nitrogens with one attached hydrogen (secondary N) is 2. The van der Waals surface area contributed by atoms with Gasteiger partial charge in [0.25, 0.3) is 5.91 Å². The largest absolute Gasteiger partial charge is 0.451 e. The summed E-state index contributed by atoms with van der Waals surface area (Å²) in [6, 6.07) is 14.6. The Bertz CT molecular complexity index is 1290. The normalized spacial score (nSPS) is 11.1. The summed E-state index contributed by atoms with van der Waals surface area (Å²) in [5.41, 5.74) is 8.02. The number of nitrogens with zero attached hydrogens (tertiary/aromatic N) is 2. The molecule has 4 rings (SSSR count). The Labute approximate surface area is 184 Å². The van der Waals surface area contributed by atoms with E-state index in [1.165, 1.54) is 6.20 Å². The van der Waals surface area contributed by atoms with Crippen LogP contribution < -0.4 is 10.9 Å². The second-order valence-corrected chi connectivity index (χ2v) is 7.89. The number of halogens is 1. The summed E-state index contributed by atoms with van der Waals surface area (Å²) in [4.78, 5) is 25.4. The molecule has 0 saturated carbocycles. The van der Waals surface area contributed by atoms with Gasteiger partial charge in [-0.3, -0.25) is 20.4 Å². The molecule has 0 aliphatic carbocycles. The molecule has 8 heteroatoms. The zero-order valence-corrected chi connectivity index (χ0v) is 18.0. The van der Waals surface area contributed by atoms with Gasteiger partial charge in [0.15, 0.2) is 5.76 Å². The summed E-state index contributed by atoms with van der Waals surface area (Å²) >= 11 is 6.10. The molecule has 2 aromatic heterocycles. The highest BCUT2D eigenvalue weighted by molar-refractivity contribution is 6.30. The molecule has 0 radical (unpaired) electrons. The SMILES string of the molecule is Cc1c(C(=O)NNC(=O)c2cnn(-c3cccc(Cl)c3)c2C(C)C)oc2ccccc12. The van der Waals surface area contributed by atoms with E-state index < -0.39 is 11.8 Å². The van der Waals surface area contributed by atoms with Crippen molar-refractivity contribution in [3.8, 4) is 5.69 Å². The van der Waals surface area contributed by atoms with Crippen molar-refractivity contribution in [1.82, 2.24) is 20.6 Å². The van der Waals surface area contributed by atoms with Crippen LogP contribution >= 0.6 is 11.6 Å². The number of para-hydroxylation sites is 1. The lowest BCUT2D eigenvalue weighted by Gasteiger charge is -2.13. The van der Waals surface area contributed by atoms with E-state index in [0.29, 0.717) is 27.4 Å². The number of furan rings is 1. The van der Waals surface area contributed by atoms with Gasteiger partial charge < -0.3 is 4.42 Å². The van der Waals surface area contributed by atoms with Crippen molar-refractivity contribution in [1.29, 1.82) is 0 Å². The minimum Gasteiger partial charge on any atom is -0.451 e.